The van der Waals surface area contributed by atoms with Gasteiger partial charge in [0.1, 0.15) is 6.10 Å². The molecule has 1 saturated heterocycles. The number of hydrogen-bond donors (Lipinski definition) is 1. The number of hydrogen-bond acceptors (Lipinski definition) is 5. The number of oxazole rings is 1. The van der Waals surface area contributed by atoms with E-state index in [1.807, 2.05) is 6.92 Å². The molecule has 1 aliphatic rings. The maximum atomic E-state index is 12.5. The number of nitrogens with zero attached hydrogens (tertiary/aromatic N) is 2. The molecule has 2 rings (SSSR count). The number of rotatable bonds is 5. The number of aromatic nitrogens is 1. The van der Waals surface area contributed by atoms with Crippen molar-refractivity contribution in [1.82, 2.24) is 9.88 Å². The molecule has 112 valence electrons. The van der Waals surface area contributed by atoms with E-state index in [4.69, 9.17) is 9.15 Å². The largest absolute Gasteiger partial charge is 0.445 e. The second kappa shape index (κ2) is 5.93. The topological polar surface area (TPSA) is 75.8 Å². The molecule has 1 fully saturated rings. The van der Waals surface area contributed by atoms with E-state index in [1.54, 1.807) is 18.7 Å². The molecule has 1 aliphatic heterocycles. The molecule has 0 saturated carbocycles. The van der Waals surface area contributed by atoms with Crippen LogP contribution in [0.25, 0.3) is 0 Å². The van der Waals surface area contributed by atoms with Crippen LogP contribution >= 0.6 is 0 Å². The fourth-order valence-corrected chi connectivity index (χ4v) is 2.37. The van der Waals surface area contributed by atoms with Crippen molar-refractivity contribution in [2.75, 3.05) is 19.7 Å². The Morgan fingerprint density at radius 3 is 2.90 bits per heavy atom. The van der Waals surface area contributed by atoms with Gasteiger partial charge in [0.25, 0.3) is 5.91 Å². The van der Waals surface area contributed by atoms with Crippen molar-refractivity contribution in [2.24, 2.45) is 0 Å². The molecule has 6 heteroatoms. The van der Waals surface area contributed by atoms with E-state index in [2.05, 4.69) is 4.98 Å². The maximum Gasteiger partial charge on any atom is 0.276 e. The normalized spacial score (nSPS) is 19.3. The van der Waals surface area contributed by atoms with Crippen molar-refractivity contribution >= 4 is 5.91 Å². The summed E-state index contributed by atoms with van der Waals surface area (Å²) in [5.41, 5.74) is -0.651. The Labute approximate surface area is 118 Å². The molecular weight excluding hydrogens is 260 g/mol. The van der Waals surface area contributed by atoms with E-state index >= 15 is 0 Å². The SMILES string of the molecule is CCN(CC(C)(C)O)C(=O)c1ncoc1C1CCCO1. The summed E-state index contributed by atoms with van der Waals surface area (Å²) >= 11 is 0. The van der Waals surface area contributed by atoms with E-state index < -0.39 is 5.60 Å². The average Bonchev–Trinajstić information content (AvgIpc) is 3.03. The molecule has 1 N–H and O–H groups in total. The number of carbonyl (C=O) groups is 1. The predicted molar refractivity (Wildman–Crippen MR) is 72.3 cm³/mol. The zero-order valence-electron chi connectivity index (χ0n) is 12.3. The molecule has 0 spiro atoms. The molecule has 1 aromatic heterocycles. The van der Waals surface area contributed by atoms with Crippen molar-refractivity contribution in [3.05, 3.63) is 17.8 Å². The first-order chi connectivity index (χ1) is 9.42. The molecular formula is C14H22N2O4. The van der Waals surface area contributed by atoms with Gasteiger partial charge in [0.15, 0.2) is 17.8 Å². The van der Waals surface area contributed by atoms with E-state index in [-0.39, 0.29) is 18.6 Å². The molecule has 0 bridgehead atoms. The van der Waals surface area contributed by atoms with Crippen LogP contribution in [0.4, 0.5) is 0 Å². The Balaban J connectivity index is 2.17. The Morgan fingerprint density at radius 1 is 1.60 bits per heavy atom. The van der Waals surface area contributed by atoms with Crippen molar-refractivity contribution in [2.45, 2.75) is 45.3 Å². The summed E-state index contributed by atoms with van der Waals surface area (Å²) in [6.45, 7) is 6.65. The van der Waals surface area contributed by atoms with Gasteiger partial charge in [0, 0.05) is 19.7 Å². The summed E-state index contributed by atoms with van der Waals surface area (Å²) in [5.74, 6) is 0.274. The highest BCUT2D eigenvalue weighted by Gasteiger charge is 2.31. The van der Waals surface area contributed by atoms with Crippen LogP contribution < -0.4 is 0 Å². The average molecular weight is 282 g/mol. The van der Waals surface area contributed by atoms with Crippen LogP contribution in [0, 0.1) is 0 Å². The molecule has 1 unspecified atom stereocenters. The molecule has 0 aliphatic carbocycles. The van der Waals surface area contributed by atoms with Gasteiger partial charge < -0.3 is 19.2 Å². The lowest BCUT2D eigenvalue weighted by atomic mass is 10.1. The van der Waals surface area contributed by atoms with Gasteiger partial charge >= 0.3 is 0 Å². The molecule has 6 nitrogen and oxygen atoms in total. The number of likely N-dealkylation sites (N-methyl/N-ethyl adjacent to an activating group) is 1. The standard InChI is InChI=1S/C14H22N2O4/c1-4-16(8-14(2,3)18)13(17)11-12(20-9-15-11)10-6-5-7-19-10/h9-10,18H,4-8H2,1-3H3. The lowest BCUT2D eigenvalue weighted by Gasteiger charge is -2.27. The summed E-state index contributed by atoms with van der Waals surface area (Å²) in [5, 5.41) is 9.88. The summed E-state index contributed by atoms with van der Waals surface area (Å²) in [4.78, 5) is 18.1. The van der Waals surface area contributed by atoms with Gasteiger partial charge in [0.05, 0.1) is 5.60 Å². The van der Waals surface area contributed by atoms with Gasteiger partial charge in [-0.25, -0.2) is 4.98 Å². The zero-order valence-corrected chi connectivity index (χ0v) is 12.3. The zero-order chi connectivity index (χ0) is 14.8. The van der Waals surface area contributed by atoms with Gasteiger partial charge in [-0.2, -0.15) is 0 Å². The van der Waals surface area contributed by atoms with Crippen molar-refractivity contribution in [1.29, 1.82) is 0 Å². The van der Waals surface area contributed by atoms with E-state index in [1.165, 1.54) is 6.39 Å². The maximum absolute atomic E-state index is 12.5. The fraction of sp³-hybridized carbons (Fsp3) is 0.714. The van der Waals surface area contributed by atoms with Gasteiger partial charge in [-0.05, 0) is 33.6 Å². The minimum Gasteiger partial charge on any atom is -0.445 e. The Morgan fingerprint density at radius 2 is 2.35 bits per heavy atom. The third kappa shape index (κ3) is 3.37. The first-order valence-corrected chi connectivity index (χ1v) is 6.99. The molecule has 20 heavy (non-hydrogen) atoms. The fourth-order valence-electron chi connectivity index (χ4n) is 2.37. The molecule has 2 heterocycles. The summed E-state index contributed by atoms with van der Waals surface area (Å²) < 4.78 is 10.9. The van der Waals surface area contributed by atoms with Crippen LogP contribution in [0.2, 0.25) is 0 Å². The molecule has 1 amide bonds. The summed E-state index contributed by atoms with van der Waals surface area (Å²) in [7, 11) is 0. The van der Waals surface area contributed by atoms with Crippen molar-refractivity contribution in [3.63, 3.8) is 0 Å². The first-order valence-electron chi connectivity index (χ1n) is 6.99. The van der Waals surface area contributed by atoms with Gasteiger partial charge in [-0.15, -0.1) is 0 Å². The number of ether oxygens (including phenoxy) is 1. The third-order valence-electron chi connectivity index (χ3n) is 3.27. The van der Waals surface area contributed by atoms with Gasteiger partial charge in [-0.3, -0.25) is 4.79 Å². The second-order valence-electron chi connectivity index (χ2n) is 5.70. The van der Waals surface area contributed by atoms with Crippen LogP contribution in [-0.4, -0.2) is 46.2 Å². The highest BCUT2D eigenvalue weighted by Crippen LogP contribution is 2.31. The van der Waals surface area contributed by atoms with Crippen molar-refractivity contribution < 1.29 is 19.1 Å². The lowest BCUT2D eigenvalue weighted by Crippen LogP contribution is -2.42. The van der Waals surface area contributed by atoms with Crippen LogP contribution in [0.3, 0.4) is 0 Å². The predicted octanol–water partition coefficient (Wildman–Crippen LogP) is 1.76. The second-order valence-corrected chi connectivity index (χ2v) is 5.70. The monoisotopic (exact) mass is 282 g/mol. The van der Waals surface area contributed by atoms with Crippen molar-refractivity contribution in [3.8, 4) is 0 Å². The molecule has 1 atom stereocenters. The minimum atomic E-state index is -0.945. The lowest BCUT2D eigenvalue weighted by molar-refractivity contribution is 0.0305. The van der Waals surface area contributed by atoms with Crippen LogP contribution in [0.1, 0.15) is 56.0 Å². The highest BCUT2D eigenvalue weighted by molar-refractivity contribution is 5.93. The van der Waals surface area contributed by atoms with E-state index in [9.17, 15) is 9.90 Å². The van der Waals surface area contributed by atoms with Gasteiger partial charge in [-0.1, -0.05) is 0 Å². The van der Waals surface area contributed by atoms with Crippen LogP contribution in [0.5, 0.6) is 0 Å². The summed E-state index contributed by atoms with van der Waals surface area (Å²) in [6, 6.07) is 0. The third-order valence-corrected chi connectivity index (χ3v) is 3.27. The molecule has 0 radical (unpaired) electrons. The molecule has 0 aromatic carbocycles. The molecule has 1 aromatic rings. The first kappa shape index (κ1) is 15.0. The minimum absolute atomic E-state index is 0.183. The highest BCUT2D eigenvalue weighted by atomic mass is 16.5. The smallest absolute Gasteiger partial charge is 0.276 e. The quantitative estimate of drug-likeness (QED) is 0.890. The number of amides is 1. The Kier molecular flexibility index (Phi) is 4.45. The summed E-state index contributed by atoms with van der Waals surface area (Å²) in [6.07, 6.45) is 2.90. The van der Waals surface area contributed by atoms with Gasteiger partial charge in [0.2, 0.25) is 0 Å². The number of carbonyl (C=O) groups excluding carboxylic acids is 1. The Hall–Kier alpha value is -1.40. The van der Waals surface area contributed by atoms with E-state index in [0.717, 1.165) is 12.8 Å². The number of aliphatic hydroxyl groups is 1. The van der Waals surface area contributed by atoms with E-state index in [0.29, 0.717) is 24.6 Å². The Bertz CT molecular complexity index is 458. The van der Waals surface area contributed by atoms with Crippen LogP contribution in [0.15, 0.2) is 10.8 Å². The van der Waals surface area contributed by atoms with Crippen LogP contribution in [-0.2, 0) is 4.74 Å².